The van der Waals surface area contributed by atoms with E-state index >= 15 is 0 Å². The van der Waals surface area contributed by atoms with E-state index in [0.717, 1.165) is 24.5 Å². The van der Waals surface area contributed by atoms with Crippen molar-refractivity contribution in [1.29, 1.82) is 0 Å². The average Bonchev–Trinajstić information content (AvgIpc) is 2.92. The van der Waals surface area contributed by atoms with Crippen molar-refractivity contribution in [2.45, 2.75) is 17.7 Å². The van der Waals surface area contributed by atoms with Crippen LogP contribution in [0.2, 0.25) is 0 Å². The summed E-state index contributed by atoms with van der Waals surface area (Å²) in [5, 5.41) is 0. The fraction of sp³-hybridized carbons (Fsp3) is 0.480. The van der Waals surface area contributed by atoms with Gasteiger partial charge in [-0.2, -0.15) is 4.31 Å². The number of piperazine rings is 1. The number of piperidine rings is 1. The highest BCUT2D eigenvalue weighted by Gasteiger charge is 2.37. The number of ether oxygens (including phenoxy) is 3. The maximum absolute atomic E-state index is 13.5. The van der Waals surface area contributed by atoms with Gasteiger partial charge in [-0.1, -0.05) is 0 Å². The Bertz CT molecular complexity index is 1130. The molecule has 1 amide bonds. The van der Waals surface area contributed by atoms with Crippen LogP contribution in [0, 0.1) is 5.92 Å². The fourth-order valence-corrected chi connectivity index (χ4v) is 6.42. The van der Waals surface area contributed by atoms with Gasteiger partial charge in [0.15, 0.2) is 0 Å². The van der Waals surface area contributed by atoms with Gasteiger partial charge in [0.1, 0.15) is 22.1 Å². The first-order valence-electron chi connectivity index (χ1n) is 11.8. The molecule has 1 atom stereocenters. The van der Waals surface area contributed by atoms with E-state index in [9.17, 15) is 13.2 Å². The average molecular weight is 504 g/mol. The molecule has 190 valence electrons. The molecule has 0 N–H and O–H groups in total. The highest BCUT2D eigenvalue weighted by molar-refractivity contribution is 7.89. The Morgan fingerprint density at radius 1 is 0.857 bits per heavy atom. The largest absolute Gasteiger partial charge is 0.497 e. The molecule has 2 aliphatic heterocycles. The van der Waals surface area contributed by atoms with Gasteiger partial charge in [0.2, 0.25) is 15.9 Å². The SMILES string of the molecule is COc1ccc(N2CCN(C(=O)[C@@H]3CCCN(S(=O)(=O)c4cc(OC)ccc4OC)C3)CC2)cc1. The van der Waals surface area contributed by atoms with Crippen LogP contribution in [-0.4, -0.2) is 84.1 Å². The first kappa shape index (κ1) is 25.1. The molecule has 0 spiro atoms. The van der Waals surface area contributed by atoms with Crippen LogP contribution < -0.4 is 19.1 Å². The number of anilines is 1. The van der Waals surface area contributed by atoms with Gasteiger partial charge in [0.05, 0.1) is 27.2 Å². The number of sulfonamides is 1. The molecular weight excluding hydrogens is 470 g/mol. The first-order chi connectivity index (χ1) is 16.9. The Morgan fingerprint density at radius 3 is 2.14 bits per heavy atom. The van der Waals surface area contributed by atoms with E-state index in [4.69, 9.17) is 14.2 Å². The third kappa shape index (κ3) is 5.33. The van der Waals surface area contributed by atoms with E-state index in [1.807, 2.05) is 29.2 Å². The highest BCUT2D eigenvalue weighted by Crippen LogP contribution is 2.33. The van der Waals surface area contributed by atoms with E-state index in [2.05, 4.69) is 4.90 Å². The van der Waals surface area contributed by atoms with Crippen molar-refractivity contribution in [2.75, 3.05) is 65.5 Å². The van der Waals surface area contributed by atoms with E-state index in [0.29, 0.717) is 38.2 Å². The Labute approximate surface area is 207 Å². The number of carbonyl (C=O) groups is 1. The van der Waals surface area contributed by atoms with Crippen LogP contribution >= 0.6 is 0 Å². The molecule has 0 radical (unpaired) electrons. The van der Waals surface area contributed by atoms with Crippen LogP contribution in [-0.2, 0) is 14.8 Å². The van der Waals surface area contributed by atoms with Crippen molar-refractivity contribution in [3.63, 3.8) is 0 Å². The van der Waals surface area contributed by atoms with Crippen molar-refractivity contribution in [3.8, 4) is 17.2 Å². The molecule has 2 aromatic carbocycles. The van der Waals surface area contributed by atoms with Gasteiger partial charge in [-0.3, -0.25) is 4.79 Å². The standard InChI is InChI=1S/C25H33N3O6S/c1-32-21-8-6-20(7-9-21)26-13-15-27(16-14-26)25(29)19-5-4-12-28(18-19)35(30,31)24-17-22(33-2)10-11-23(24)34-3/h6-11,17,19H,4-5,12-16,18H2,1-3H3/t19-/m1/s1. The predicted molar refractivity (Wildman–Crippen MR) is 133 cm³/mol. The second-order valence-electron chi connectivity index (χ2n) is 8.73. The Morgan fingerprint density at radius 2 is 1.51 bits per heavy atom. The minimum atomic E-state index is -3.85. The van der Waals surface area contributed by atoms with Crippen molar-refractivity contribution in [2.24, 2.45) is 5.92 Å². The van der Waals surface area contributed by atoms with Crippen molar-refractivity contribution < 1.29 is 27.4 Å². The maximum atomic E-state index is 13.5. The molecule has 2 heterocycles. The predicted octanol–water partition coefficient (Wildman–Crippen LogP) is 2.46. The third-order valence-corrected chi connectivity index (χ3v) is 8.64. The molecule has 35 heavy (non-hydrogen) atoms. The summed E-state index contributed by atoms with van der Waals surface area (Å²) < 4.78 is 44.1. The molecule has 0 unspecified atom stereocenters. The minimum Gasteiger partial charge on any atom is -0.497 e. The lowest BCUT2D eigenvalue weighted by molar-refractivity contribution is -0.137. The molecule has 9 nitrogen and oxygen atoms in total. The lowest BCUT2D eigenvalue weighted by atomic mass is 9.97. The lowest BCUT2D eigenvalue weighted by Crippen LogP contribution is -2.53. The van der Waals surface area contributed by atoms with Crippen LogP contribution in [0.5, 0.6) is 17.2 Å². The zero-order valence-electron chi connectivity index (χ0n) is 20.5. The summed E-state index contributed by atoms with van der Waals surface area (Å²) in [4.78, 5) is 17.5. The van der Waals surface area contributed by atoms with Gasteiger partial charge in [0, 0.05) is 51.0 Å². The normalized spacial score (nSPS) is 19.3. The molecule has 2 fully saturated rings. The molecule has 0 bridgehead atoms. The summed E-state index contributed by atoms with van der Waals surface area (Å²) in [6.45, 7) is 3.22. The number of hydrogen-bond donors (Lipinski definition) is 0. The van der Waals surface area contributed by atoms with Crippen molar-refractivity contribution in [3.05, 3.63) is 42.5 Å². The molecule has 0 aliphatic carbocycles. The number of carbonyl (C=O) groups excluding carboxylic acids is 1. The Hall–Kier alpha value is -2.98. The summed E-state index contributed by atoms with van der Waals surface area (Å²) in [6.07, 6.45) is 1.31. The molecule has 2 aromatic rings. The smallest absolute Gasteiger partial charge is 0.246 e. The molecular formula is C25H33N3O6S. The van der Waals surface area contributed by atoms with Crippen molar-refractivity contribution in [1.82, 2.24) is 9.21 Å². The molecule has 0 saturated carbocycles. The second-order valence-corrected chi connectivity index (χ2v) is 10.6. The van der Waals surface area contributed by atoms with Crippen LogP contribution in [0.25, 0.3) is 0 Å². The highest BCUT2D eigenvalue weighted by atomic mass is 32.2. The van der Waals surface area contributed by atoms with E-state index in [-0.39, 0.29) is 29.0 Å². The quantitative estimate of drug-likeness (QED) is 0.574. The summed E-state index contributed by atoms with van der Waals surface area (Å²) in [5.41, 5.74) is 1.10. The molecule has 4 rings (SSSR count). The van der Waals surface area contributed by atoms with Crippen LogP contribution in [0.15, 0.2) is 47.4 Å². The van der Waals surface area contributed by atoms with E-state index in [1.54, 1.807) is 19.2 Å². The van der Waals surface area contributed by atoms with E-state index in [1.165, 1.54) is 24.6 Å². The number of hydrogen-bond acceptors (Lipinski definition) is 7. The molecule has 10 heteroatoms. The number of methoxy groups -OCH3 is 3. The summed E-state index contributed by atoms with van der Waals surface area (Å²) >= 11 is 0. The van der Waals surface area contributed by atoms with Gasteiger partial charge < -0.3 is 24.0 Å². The third-order valence-electron chi connectivity index (χ3n) is 6.75. The Balaban J connectivity index is 1.41. The first-order valence-corrected chi connectivity index (χ1v) is 13.2. The van der Waals surface area contributed by atoms with Gasteiger partial charge in [-0.25, -0.2) is 8.42 Å². The van der Waals surface area contributed by atoms with Gasteiger partial charge >= 0.3 is 0 Å². The van der Waals surface area contributed by atoms with Crippen LogP contribution in [0.3, 0.4) is 0 Å². The Kier molecular flexibility index (Phi) is 7.71. The maximum Gasteiger partial charge on any atom is 0.246 e. The van der Waals surface area contributed by atoms with Gasteiger partial charge in [-0.05, 0) is 49.2 Å². The molecule has 2 aliphatic rings. The number of nitrogens with zero attached hydrogens (tertiary/aromatic N) is 3. The zero-order chi connectivity index (χ0) is 25.0. The van der Waals surface area contributed by atoms with Crippen LogP contribution in [0.4, 0.5) is 5.69 Å². The summed E-state index contributed by atoms with van der Waals surface area (Å²) in [7, 11) is 0.725. The number of rotatable bonds is 7. The second kappa shape index (κ2) is 10.7. The monoisotopic (exact) mass is 503 g/mol. The van der Waals surface area contributed by atoms with Gasteiger partial charge in [0.25, 0.3) is 0 Å². The topological polar surface area (TPSA) is 88.6 Å². The fourth-order valence-electron chi connectivity index (χ4n) is 4.72. The number of amides is 1. The van der Waals surface area contributed by atoms with E-state index < -0.39 is 10.0 Å². The number of benzene rings is 2. The summed E-state index contributed by atoms with van der Waals surface area (Å²) in [6, 6.07) is 12.6. The van der Waals surface area contributed by atoms with Crippen LogP contribution in [0.1, 0.15) is 12.8 Å². The minimum absolute atomic E-state index is 0.0249. The lowest BCUT2D eigenvalue weighted by Gasteiger charge is -2.39. The summed E-state index contributed by atoms with van der Waals surface area (Å²) in [5.74, 6) is 1.17. The van der Waals surface area contributed by atoms with Gasteiger partial charge in [-0.15, -0.1) is 0 Å². The molecule has 2 saturated heterocycles. The van der Waals surface area contributed by atoms with Crippen molar-refractivity contribution >= 4 is 21.6 Å². The molecule has 0 aromatic heterocycles. The zero-order valence-corrected chi connectivity index (χ0v) is 21.3.